The van der Waals surface area contributed by atoms with Crippen LogP contribution in [0.2, 0.25) is 0 Å². The number of nitrogens with two attached hydrogens (primary N) is 1. The van der Waals surface area contributed by atoms with Crippen molar-refractivity contribution in [2.75, 3.05) is 0 Å². The Bertz CT molecular complexity index is 297. The Morgan fingerprint density at radius 1 is 1.46 bits per heavy atom. The first-order valence-electron chi connectivity index (χ1n) is 3.91. The fraction of sp³-hybridized carbons (Fsp3) is 0.222. The summed E-state index contributed by atoms with van der Waals surface area (Å²) in [5.74, 6) is 4.01. The third kappa shape index (κ3) is 2.26. The third-order valence-electron chi connectivity index (χ3n) is 1.91. The molecule has 13 heavy (non-hydrogen) atoms. The summed E-state index contributed by atoms with van der Waals surface area (Å²) in [7, 11) is 0. The normalized spacial score (nSPS) is 12.2. The lowest BCUT2D eigenvalue weighted by Gasteiger charge is -2.09. The molecule has 3 nitrogen and oxygen atoms in total. The molecule has 0 saturated carbocycles. The van der Waals surface area contributed by atoms with Crippen LogP contribution in [0, 0.1) is 5.82 Å². The highest BCUT2D eigenvalue weighted by Gasteiger charge is 2.13. The van der Waals surface area contributed by atoms with Crippen molar-refractivity contribution in [2.24, 2.45) is 5.84 Å². The predicted molar refractivity (Wildman–Crippen MR) is 47.1 cm³/mol. The van der Waals surface area contributed by atoms with Crippen molar-refractivity contribution in [3.63, 3.8) is 0 Å². The van der Waals surface area contributed by atoms with E-state index in [1.807, 2.05) is 5.43 Å². The highest BCUT2D eigenvalue weighted by atomic mass is 19.1. The van der Waals surface area contributed by atoms with E-state index in [1.165, 1.54) is 12.1 Å². The van der Waals surface area contributed by atoms with Crippen LogP contribution < -0.4 is 11.3 Å². The maximum Gasteiger partial charge on any atom is 0.241 e. The number of hydrogen-bond donors (Lipinski definition) is 2. The summed E-state index contributed by atoms with van der Waals surface area (Å²) in [6, 6.07) is 5.76. The molecule has 3 N–H and O–H groups in total. The molecule has 0 aromatic heterocycles. The smallest absolute Gasteiger partial charge is 0.241 e. The largest absolute Gasteiger partial charge is 0.294 e. The number of hydrazine groups is 1. The molecule has 1 rings (SSSR count). The molecule has 4 heteroatoms. The molecule has 0 aliphatic carbocycles. The Morgan fingerprint density at radius 3 is 2.46 bits per heavy atom. The molecule has 0 fully saturated rings. The van der Waals surface area contributed by atoms with Gasteiger partial charge in [-0.3, -0.25) is 10.2 Å². The van der Waals surface area contributed by atoms with Crippen molar-refractivity contribution < 1.29 is 9.18 Å². The zero-order valence-electron chi connectivity index (χ0n) is 7.25. The van der Waals surface area contributed by atoms with Crippen molar-refractivity contribution in [3.8, 4) is 0 Å². The number of carbonyl (C=O) groups excluding carboxylic acids is 1. The summed E-state index contributed by atoms with van der Waals surface area (Å²) in [6.07, 6.45) is 0. The molecule has 1 aromatic rings. The first-order chi connectivity index (χ1) is 6.15. The van der Waals surface area contributed by atoms with Crippen molar-refractivity contribution in [1.29, 1.82) is 0 Å². The highest BCUT2D eigenvalue weighted by molar-refractivity contribution is 5.82. The Balaban J connectivity index is 2.83. The molecule has 1 unspecified atom stereocenters. The molecule has 0 saturated heterocycles. The van der Waals surface area contributed by atoms with Gasteiger partial charge in [0.15, 0.2) is 0 Å². The minimum absolute atomic E-state index is 0.286. The molecule has 0 radical (unpaired) electrons. The lowest BCUT2D eigenvalue weighted by atomic mass is 10.0. The van der Waals surface area contributed by atoms with Gasteiger partial charge in [0.2, 0.25) is 5.91 Å². The van der Waals surface area contributed by atoms with E-state index in [-0.39, 0.29) is 17.6 Å². The quantitative estimate of drug-likeness (QED) is 0.406. The molecule has 1 atom stereocenters. The number of carbonyl (C=O) groups is 1. The Labute approximate surface area is 75.7 Å². The first kappa shape index (κ1) is 9.67. The van der Waals surface area contributed by atoms with Gasteiger partial charge in [-0.25, -0.2) is 10.2 Å². The van der Waals surface area contributed by atoms with Crippen molar-refractivity contribution in [1.82, 2.24) is 5.43 Å². The van der Waals surface area contributed by atoms with Crippen LogP contribution >= 0.6 is 0 Å². The van der Waals surface area contributed by atoms with Gasteiger partial charge in [0.05, 0.1) is 5.92 Å². The van der Waals surface area contributed by atoms with Gasteiger partial charge < -0.3 is 0 Å². The van der Waals surface area contributed by atoms with Crippen LogP contribution in [-0.4, -0.2) is 5.91 Å². The van der Waals surface area contributed by atoms with E-state index in [0.717, 1.165) is 5.56 Å². The average molecular weight is 182 g/mol. The monoisotopic (exact) mass is 182 g/mol. The van der Waals surface area contributed by atoms with Gasteiger partial charge in [-0.15, -0.1) is 0 Å². The van der Waals surface area contributed by atoms with Crippen LogP contribution in [-0.2, 0) is 4.79 Å². The fourth-order valence-electron chi connectivity index (χ4n) is 1.03. The zero-order chi connectivity index (χ0) is 9.84. The fourth-order valence-corrected chi connectivity index (χ4v) is 1.03. The second-order valence-corrected chi connectivity index (χ2v) is 2.78. The number of nitrogens with one attached hydrogen (secondary N) is 1. The summed E-state index contributed by atoms with van der Waals surface area (Å²) < 4.78 is 12.5. The summed E-state index contributed by atoms with van der Waals surface area (Å²) in [6.45, 7) is 1.70. The predicted octanol–water partition coefficient (Wildman–Crippen LogP) is 0.919. The third-order valence-corrected chi connectivity index (χ3v) is 1.91. The molecule has 1 aromatic carbocycles. The number of halogens is 1. The van der Waals surface area contributed by atoms with E-state index < -0.39 is 0 Å². The van der Waals surface area contributed by atoms with E-state index >= 15 is 0 Å². The second kappa shape index (κ2) is 4.00. The van der Waals surface area contributed by atoms with Crippen LogP contribution in [0.5, 0.6) is 0 Å². The number of benzene rings is 1. The molecule has 0 spiro atoms. The van der Waals surface area contributed by atoms with Gasteiger partial charge in [-0.1, -0.05) is 12.1 Å². The summed E-state index contributed by atoms with van der Waals surface area (Å²) in [4.78, 5) is 11.1. The zero-order valence-corrected chi connectivity index (χ0v) is 7.25. The SMILES string of the molecule is CC(C(=O)NN)c1ccc(F)cc1. The van der Waals surface area contributed by atoms with Crippen LogP contribution in [0.1, 0.15) is 18.4 Å². The van der Waals surface area contributed by atoms with Gasteiger partial charge in [0.1, 0.15) is 5.82 Å². The lowest BCUT2D eigenvalue weighted by Crippen LogP contribution is -2.33. The first-order valence-corrected chi connectivity index (χ1v) is 3.91. The Hall–Kier alpha value is -1.42. The summed E-state index contributed by atoms with van der Waals surface area (Å²) in [5.41, 5.74) is 2.79. The van der Waals surface area contributed by atoms with E-state index in [4.69, 9.17) is 5.84 Å². The van der Waals surface area contributed by atoms with Crippen LogP contribution in [0.15, 0.2) is 24.3 Å². The van der Waals surface area contributed by atoms with E-state index in [0.29, 0.717) is 0 Å². The highest BCUT2D eigenvalue weighted by Crippen LogP contribution is 2.14. The molecular weight excluding hydrogens is 171 g/mol. The lowest BCUT2D eigenvalue weighted by molar-refractivity contribution is -0.122. The van der Waals surface area contributed by atoms with Gasteiger partial charge >= 0.3 is 0 Å². The minimum atomic E-state index is -0.356. The Morgan fingerprint density at radius 2 is 2.00 bits per heavy atom. The van der Waals surface area contributed by atoms with Gasteiger partial charge in [0, 0.05) is 0 Å². The van der Waals surface area contributed by atoms with E-state index in [2.05, 4.69) is 0 Å². The van der Waals surface area contributed by atoms with Gasteiger partial charge in [-0.2, -0.15) is 0 Å². The Kier molecular flexibility index (Phi) is 2.97. The molecule has 0 heterocycles. The van der Waals surface area contributed by atoms with Crippen LogP contribution in [0.4, 0.5) is 4.39 Å². The maximum atomic E-state index is 12.5. The van der Waals surface area contributed by atoms with Crippen LogP contribution in [0.25, 0.3) is 0 Å². The van der Waals surface area contributed by atoms with E-state index in [9.17, 15) is 9.18 Å². The van der Waals surface area contributed by atoms with Gasteiger partial charge in [-0.05, 0) is 24.6 Å². The second-order valence-electron chi connectivity index (χ2n) is 2.78. The van der Waals surface area contributed by atoms with E-state index in [1.54, 1.807) is 19.1 Å². The van der Waals surface area contributed by atoms with Crippen LogP contribution in [0.3, 0.4) is 0 Å². The van der Waals surface area contributed by atoms with Crippen molar-refractivity contribution in [2.45, 2.75) is 12.8 Å². The molecular formula is C9H11FN2O. The molecule has 0 aliphatic heterocycles. The average Bonchev–Trinajstić information content (AvgIpc) is 2.17. The number of rotatable bonds is 2. The molecule has 70 valence electrons. The van der Waals surface area contributed by atoms with Gasteiger partial charge in [0.25, 0.3) is 0 Å². The molecule has 0 aliphatic rings. The maximum absolute atomic E-state index is 12.5. The minimum Gasteiger partial charge on any atom is -0.294 e. The molecule has 0 bridgehead atoms. The standard InChI is InChI=1S/C9H11FN2O/c1-6(9(13)12-11)7-2-4-8(10)5-3-7/h2-6H,11H2,1H3,(H,12,13). The molecule has 1 amide bonds. The summed E-state index contributed by atoms with van der Waals surface area (Å²) in [5, 5.41) is 0. The topological polar surface area (TPSA) is 55.1 Å². The number of hydrogen-bond acceptors (Lipinski definition) is 2. The number of amides is 1. The van der Waals surface area contributed by atoms with Crippen molar-refractivity contribution in [3.05, 3.63) is 35.6 Å². The summed E-state index contributed by atoms with van der Waals surface area (Å²) >= 11 is 0. The van der Waals surface area contributed by atoms with Crippen molar-refractivity contribution >= 4 is 5.91 Å².